The van der Waals surface area contributed by atoms with Crippen molar-refractivity contribution in [3.05, 3.63) is 29.8 Å². The average molecular weight is 163 g/mol. The summed E-state index contributed by atoms with van der Waals surface area (Å²) in [6.45, 7) is 1.86. The van der Waals surface area contributed by atoms with E-state index in [1.54, 1.807) is 0 Å². The van der Waals surface area contributed by atoms with Gasteiger partial charge in [0.1, 0.15) is 6.10 Å². The summed E-state index contributed by atoms with van der Waals surface area (Å²) in [7, 11) is 0. The molecule has 62 valence electrons. The molecule has 1 N–H and O–H groups in total. The number of nitrogens with one attached hydrogen (secondary N) is 1. The van der Waals surface area contributed by atoms with Crippen molar-refractivity contribution in [2.24, 2.45) is 0 Å². The minimum Gasteiger partial charge on any atom is -0.441 e. The third-order valence-electron chi connectivity index (χ3n) is 1.92. The van der Waals surface area contributed by atoms with E-state index in [0.717, 1.165) is 11.3 Å². The summed E-state index contributed by atoms with van der Waals surface area (Å²) in [5.74, 6) is 0. The molecule has 1 aromatic rings. The predicted molar refractivity (Wildman–Crippen MR) is 45.0 cm³/mol. The van der Waals surface area contributed by atoms with Crippen molar-refractivity contribution in [1.82, 2.24) is 0 Å². The molecule has 1 atom stereocenters. The molecule has 0 aromatic heterocycles. The molecule has 1 amide bonds. The Kier molecular flexibility index (Phi) is 1.50. The molecule has 0 bridgehead atoms. The molecule has 0 saturated carbocycles. The number of fused-ring (bicyclic) bond motifs is 1. The fraction of sp³-hybridized carbons (Fsp3) is 0.222. The van der Waals surface area contributed by atoms with Gasteiger partial charge in [0.2, 0.25) is 0 Å². The first kappa shape index (κ1) is 7.16. The Bertz CT molecular complexity index is 322. The quantitative estimate of drug-likeness (QED) is 0.637. The fourth-order valence-electron chi connectivity index (χ4n) is 1.33. The first-order valence-electron chi connectivity index (χ1n) is 3.84. The lowest BCUT2D eigenvalue weighted by atomic mass is 10.1. The molecule has 0 unspecified atom stereocenters. The predicted octanol–water partition coefficient (Wildman–Crippen LogP) is 2.31. The second-order valence-corrected chi connectivity index (χ2v) is 2.76. The maximum absolute atomic E-state index is 10.9. The van der Waals surface area contributed by atoms with Gasteiger partial charge in [-0.1, -0.05) is 18.2 Å². The lowest BCUT2D eigenvalue weighted by molar-refractivity contribution is 0.116. The van der Waals surface area contributed by atoms with Gasteiger partial charge in [-0.05, 0) is 13.0 Å². The van der Waals surface area contributed by atoms with Gasteiger partial charge in [-0.3, -0.25) is 5.32 Å². The number of anilines is 1. The van der Waals surface area contributed by atoms with E-state index in [0.29, 0.717) is 0 Å². The number of para-hydroxylation sites is 1. The van der Waals surface area contributed by atoms with Gasteiger partial charge in [-0.15, -0.1) is 0 Å². The van der Waals surface area contributed by atoms with Crippen LogP contribution in [-0.2, 0) is 4.74 Å². The van der Waals surface area contributed by atoms with Crippen LogP contribution in [0.1, 0.15) is 18.6 Å². The molecule has 3 heteroatoms. The van der Waals surface area contributed by atoms with Crippen LogP contribution in [0.3, 0.4) is 0 Å². The Morgan fingerprint density at radius 2 is 2.17 bits per heavy atom. The average Bonchev–Trinajstić information content (AvgIpc) is 2.04. The highest BCUT2D eigenvalue weighted by Gasteiger charge is 2.21. The Morgan fingerprint density at radius 1 is 1.42 bits per heavy atom. The van der Waals surface area contributed by atoms with Crippen molar-refractivity contribution < 1.29 is 9.53 Å². The van der Waals surface area contributed by atoms with Crippen LogP contribution >= 0.6 is 0 Å². The standard InChI is InChI=1S/C9H9NO2/c1-6-7-4-2-3-5-8(7)10-9(11)12-6/h2-6H,1H3,(H,10,11)/t6-/m0/s1. The maximum atomic E-state index is 10.9. The second-order valence-electron chi connectivity index (χ2n) is 2.76. The molecule has 0 saturated heterocycles. The van der Waals surface area contributed by atoms with Gasteiger partial charge in [0, 0.05) is 5.56 Å². The van der Waals surface area contributed by atoms with Gasteiger partial charge >= 0.3 is 6.09 Å². The van der Waals surface area contributed by atoms with Crippen LogP contribution in [0.25, 0.3) is 0 Å². The molecule has 0 spiro atoms. The zero-order valence-electron chi connectivity index (χ0n) is 6.70. The van der Waals surface area contributed by atoms with Crippen molar-refractivity contribution in [3.8, 4) is 0 Å². The lowest BCUT2D eigenvalue weighted by Crippen LogP contribution is -2.22. The monoisotopic (exact) mass is 163 g/mol. The number of rotatable bonds is 0. The van der Waals surface area contributed by atoms with Gasteiger partial charge < -0.3 is 4.74 Å². The van der Waals surface area contributed by atoms with E-state index in [-0.39, 0.29) is 12.2 Å². The number of cyclic esters (lactones) is 1. The first-order chi connectivity index (χ1) is 5.77. The Balaban J connectivity index is 2.47. The summed E-state index contributed by atoms with van der Waals surface area (Å²) in [4.78, 5) is 10.9. The molecule has 2 rings (SSSR count). The second kappa shape index (κ2) is 2.52. The van der Waals surface area contributed by atoms with E-state index in [2.05, 4.69) is 5.32 Å². The van der Waals surface area contributed by atoms with Crippen LogP contribution in [0.5, 0.6) is 0 Å². The van der Waals surface area contributed by atoms with Crippen LogP contribution < -0.4 is 5.32 Å². The number of hydrogen-bond acceptors (Lipinski definition) is 2. The van der Waals surface area contributed by atoms with Crippen molar-refractivity contribution in [2.45, 2.75) is 13.0 Å². The van der Waals surface area contributed by atoms with Gasteiger partial charge in [-0.25, -0.2) is 4.79 Å². The van der Waals surface area contributed by atoms with Crippen LogP contribution in [0, 0.1) is 0 Å². The third kappa shape index (κ3) is 1.03. The highest BCUT2D eigenvalue weighted by Crippen LogP contribution is 2.29. The largest absolute Gasteiger partial charge is 0.441 e. The minimum absolute atomic E-state index is 0.144. The van der Waals surface area contributed by atoms with Crippen LogP contribution in [-0.4, -0.2) is 6.09 Å². The smallest absolute Gasteiger partial charge is 0.412 e. The molecule has 3 nitrogen and oxygen atoms in total. The maximum Gasteiger partial charge on any atom is 0.412 e. The molecule has 1 aliphatic rings. The zero-order chi connectivity index (χ0) is 8.55. The number of carbonyl (C=O) groups is 1. The summed E-state index contributed by atoms with van der Waals surface area (Å²) in [6, 6.07) is 7.62. The van der Waals surface area contributed by atoms with E-state index in [9.17, 15) is 4.79 Å². The summed E-state index contributed by atoms with van der Waals surface area (Å²) in [6.07, 6.45) is -0.517. The highest BCUT2D eigenvalue weighted by molar-refractivity contribution is 5.87. The Labute approximate surface area is 70.3 Å². The van der Waals surface area contributed by atoms with Gasteiger partial charge in [-0.2, -0.15) is 0 Å². The summed E-state index contributed by atoms with van der Waals surface area (Å²) < 4.78 is 4.96. The number of carbonyl (C=O) groups excluding carboxylic acids is 1. The number of ether oxygens (including phenoxy) is 1. The highest BCUT2D eigenvalue weighted by atomic mass is 16.6. The molecule has 0 radical (unpaired) electrons. The Morgan fingerprint density at radius 3 is 3.00 bits per heavy atom. The van der Waals surface area contributed by atoms with E-state index in [1.807, 2.05) is 31.2 Å². The van der Waals surface area contributed by atoms with E-state index < -0.39 is 0 Å². The SMILES string of the molecule is C[C@@H]1OC(=O)Nc2ccccc21. The van der Waals surface area contributed by atoms with Crippen LogP contribution in [0.15, 0.2) is 24.3 Å². The molecule has 1 aromatic carbocycles. The molecule has 0 aliphatic carbocycles. The molecule has 0 fully saturated rings. The summed E-state index contributed by atoms with van der Waals surface area (Å²) in [5, 5.41) is 2.63. The molecule has 1 heterocycles. The van der Waals surface area contributed by atoms with Crippen LogP contribution in [0.4, 0.5) is 10.5 Å². The van der Waals surface area contributed by atoms with Gasteiger partial charge in [0.05, 0.1) is 5.69 Å². The molecule has 1 aliphatic heterocycles. The molecular weight excluding hydrogens is 154 g/mol. The lowest BCUT2D eigenvalue weighted by Gasteiger charge is -2.22. The third-order valence-corrected chi connectivity index (χ3v) is 1.92. The van der Waals surface area contributed by atoms with Crippen molar-refractivity contribution in [3.63, 3.8) is 0 Å². The van der Waals surface area contributed by atoms with E-state index in [1.165, 1.54) is 0 Å². The van der Waals surface area contributed by atoms with Crippen molar-refractivity contribution in [2.75, 3.05) is 5.32 Å². The topological polar surface area (TPSA) is 38.3 Å². The van der Waals surface area contributed by atoms with Gasteiger partial charge in [0.15, 0.2) is 0 Å². The minimum atomic E-state index is -0.374. The summed E-state index contributed by atoms with van der Waals surface area (Å²) >= 11 is 0. The first-order valence-corrected chi connectivity index (χ1v) is 3.84. The zero-order valence-corrected chi connectivity index (χ0v) is 6.70. The number of benzene rings is 1. The van der Waals surface area contributed by atoms with Gasteiger partial charge in [0.25, 0.3) is 0 Å². The number of amides is 1. The normalized spacial score (nSPS) is 20.8. The van der Waals surface area contributed by atoms with E-state index >= 15 is 0 Å². The molecule has 12 heavy (non-hydrogen) atoms. The van der Waals surface area contributed by atoms with Crippen molar-refractivity contribution in [1.29, 1.82) is 0 Å². The summed E-state index contributed by atoms with van der Waals surface area (Å²) in [5.41, 5.74) is 1.87. The number of hydrogen-bond donors (Lipinski definition) is 1. The Hall–Kier alpha value is -1.51. The van der Waals surface area contributed by atoms with Crippen molar-refractivity contribution >= 4 is 11.8 Å². The molecular formula is C9H9NO2. The fourth-order valence-corrected chi connectivity index (χ4v) is 1.33. The van der Waals surface area contributed by atoms with E-state index in [4.69, 9.17) is 4.74 Å². The van der Waals surface area contributed by atoms with Crippen LogP contribution in [0.2, 0.25) is 0 Å².